The van der Waals surface area contributed by atoms with Gasteiger partial charge in [0.25, 0.3) is 0 Å². The van der Waals surface area contributed by atoms with E-state index >= 15 is 0 Å². The van der Waals surface area contributed by atoms with E-state index in [0.29, 0.717) is 6.61 Å². The average molecular weight is 228 g/mol. The van der Waals surface area contributed by atoms with Gasteiger partial charge in [-0.1, -0.05) is 54.6 Å². The summed E-state index contributed by atoms with van der Waals surface area (Å²) in [7, 11) is 1.67. The van der Waals surface area contributed by atoms with E-state index in [0.717, 1.165) is 16.7 Å². The number of hydrogen-bond donors (Lipinski definition) is 1. The van der Waals surface area contributed by atoms with Gasteiger partial charge in [0.2, 0.25) is 0 Å². The SMILES string of the molecule is COCc1cccc(C(O)c2ccccc2)c1. The zero-order valence-electron chi connectivity index (χ0n) is 9.84. The second kappa shape index (κ2) is 5.62. The van der Waals surface area contributed by atoms with Crippen LogP contribution in [0.3, 0.4) is 0 Å². The first-order valence-corrected chi connectivity index (χ1v) is 5.62. The molecule has 0 spiro atoms. The molecule has 17 heavy (non-hydrogen) atoms. The van der Waals surface area contributed by atoms with Crippen LogP contribution >= 0.6 is 0 Å². The minimum atomic E-state index is -0.576. The summed E-state index contributed by atoms with van der Waals surface area (Å²) in [6.45, 7) is 0.565. The van der Waals surface area contributed by atoms with Crippen LogP contribution in [0, 0.1) is 0 Å². The van der Waals surface area contributed by atoms with Gasteiger partial charge >= 0.3 is 0 Å². The van der Waals surface area contributed by atoms with Crippen LogP contribution in [0.1, 0.15) is 22.8 Å². The van der Waals surface area contributed by atoms with Gasteiger partial charge in [-0.15, -0.1) is 0 Å². The second-order valence-corrected chi connectivity index (χ2v) is 3.99. The van der Waals surface area contributed by atoms with Crippen molar-refractivity contribution in [1.29, 1.82) is 0 Å². The van der Waals surface area contributed by atoms with E-state index in [2.05, 4.69) is 0 Å². The van der Waals surface area contributed by atoms with E-state index in [1.165, 1.54) is 0 Å². The number of benzene rings is 2. The molecule has 88 valence electrons. The molecule has 2 aromatic rings. The van der Waals surface area contributed by atoms with Crippen LogP contribution in [0.15, 0.2) is 54.6 Å². The topological polar surface area (TPSA) is 29.5 Å². The summed E-state index contributed by atoms with van der Waals surface area (Å²) in [5, 5.41) is 10.2. The number of aliphatic hydroxyl groups excluding tert-OH is 1. The molecule has 0 aliphatic carbocycles. The molecule has 0 fully saturated rings. The minimum Gasteiger partial charge on any atom is -0.384 e. The molecule has 0 radical (unpaired) electrons. The van der Waals surface area contributed by atoms with E-state index in [-0.39, 0.29) is 0 Å². The van der Waals surface area contributed by atoms with Crippen LogP contribution in [0.5, 0.6) is 0 Å². The molecule has 1 atom stereocenters. The molecule has 0 aromatic heterocycles. The predicted octanol–water partition coefficient (Wildman–Crippen LogP) is 2.91. The smallest absolute Gasteiger partial charge is 0.104 e. The molecule has 0 saturated heterocycles. The molecule has 0 amide bonds. The number of hydrogen-bond acceptors (Lipinski definition) is 2. The first kappa shape index (κ1) is 11.8. The highest BCUT2D eigenvalue weighted by atomic mass is 16.5. The molecule has 2 rings (SSSR count). The number of aliphatic hydroxyl groups is 1. The minimum absolute atomic E-state index is 0.565. The lowest BCUT2D eigenvalue weighted by molar-refractivity contribution is 0.184. The third-order valence-electron chi connectivity index (χ3n) is 2.69. The molecule has 0 bridgehead atoms. The van der Waals surface area contributed by atoms with Crippen LogP contribution in [0.2, 0.25) is 0 Å². The van der Waals surface area contributed by atoms with Crippen molar-refractivity contribution in [3.05, 3.63) is 71.3 Å². The first-order chi connectivity index (χ1) is 8.31. The van der Waals surface area contributed by atoms with Crippen LogP contribution in [-0.4, -0.2) is 12.2 Å². The molecule has 2 aromatic carbocycles. The van der Waals surface area contributed by atoms with E-state index < -0.39 is 6.10 Å². The maximum Gasteiger partial charge on any atom is 0.104 e. The van der Waals surface area contributed by atoms with Gasteiger partial charge in [0, 0.05) is 7.11 Å². The highest BCUT2D eigenvalue weighted by Crippen LogP contribution is 2.22. The van der Waals surface area contributed by atoms with Crippen molar-refractivity contribution >= 4 is 0 Å². The summed E-state index contributed by atoms with van der Waals surface area (Å²) in [6, 6.07) is 17.5. The first-order valence-electron chi connectivity index (χ1n) is 5.62. The summed E-state index contributed by atoms with van der Waals surface area (Å²) >= 11 is 0. The molecule has 2 nitrogen and oxygen atoms in total. The largest absolute Gasteiger partial charge is 0.384 e. The highest BCUT2D eigenvalue weighted by Gasteiger charge is 2.09. The molecule has 0 aliphatic heterocycles. The average Bonchev–Trinajstić information content (AvgIpc) is 2.40. The molecular weight excluding hydrogens is 212 g/mol. The van der Waals surface area contributed by atoms with Gasteiger partial charge in [0.1, 0.15) is 6.10 Å². The highest BCUT2D eigenvalue weighted by molar-refractivity contribution is 5.32. The van der Waals surface area contributed by atoms with Gasteiger partial charge in [0.15, 0.2) is 0 Å². The summed E-state index contributed by atoms with van der Waals surface area (Å²) < 4.78 is 5.09. The molecule has 1 unspecified atom stereocenters. The van der Waals surface area contributed by atoms with Crippen LogP contribution in [0.4, 0.5) is 0 Å². The van der Waals surface area contributed by atoms with Crippen LogP contribution < -0.4 is 0 Å². The van der Waals surface area contributed by atoms with Gasteiger partial charge in [0.05, 0.1) is 6.61 Å². The summed E-state index contributed by atoms with van der Waals surface area (Å²) in [5.41, 5.74) is 2.87. The third kappa shape index (κ3) is 2.93. The van der Waals surface area contributed by atoms with E-state index in [1.54, 1.807) is 7.11 Å². The van der Waals surface area contributed by atoms with Crippen LogP contribution in [-0.2, 0) is 11.3 Å². The Bertz CT molecular complexity index is 465. The van der Waals surface area contributed by atoms with Gasteiger partial charge < -0.3 is 9.84 Å². The van der Waals surface area contributed by atoms with Gasteiger partial charge in [-0.25, -0.2) is 0 Å². The van der Waals surface area contributed by atoms with Crippen molar-refractivity contribution in [2.75, 3.05) is 7.11 Å². The summed E-state index contributed by atoms with van der Waals surface area (Å²) in [5.74, 6) is 0. The molecular formula is C15H16O2. The van der Waals surface area contributed by atoms with E-state index in [1.807, 2.05) is 54.6 Å². The molecule has 0 heterocycles. The maximum atomic E-state index is 10.2. The molecule has 1 N–H and O–H groups in total. The fourth-order valence-electron chi connectivity index (χ4n) is 1.85. The predicted molar refractivity (Wildman–Crippen MR) is 67.7 cm³/mol. The molecule has 0 saturated carbocycles. The van der Waals surface area contributed by atoms with Crippen molar-refractivity contribution in [3.8, 4) is 0 Å². The fourth-order valence-corrected chi connectivity index (χ4v) is 1.85. The summed E-state index contributed by atoms with van der Waals surface area (Å²) in [6.07, 6.45) is -0.576. The zero-order valence-corrected chi connectivity index (χ0v) is 9.84. The van der Waals surface area contributed by atoms with Crippen molar-refractivity contribution in [3.63, 3.8) is 0 Å². The van der Waals surface area contributed by atoms with Crippen molar-refractivity contribution in [1.82, 2.24) is 0 Å². The van der Waals surface area contributed by atoms with Gasteiger partial charge in [-0.2, -0.15) is 0 Å². The van der Waals surface area contributed by atoms with Crippen molar-refractivity contribution < 1.29 is 9.84 Å². The fraction of sp³-hybridized carbons (Fsp3) is 0.200. The Kier molecular flexibility index (Phi) is 3.91. The zero-order chi connectivity index (χ0) is 12.1. The van der Waals surface area contributed by atoms with Gasteiger partial charge in [-0.3, -0.25) is 0 Å². The van der Waals surface area contributed by atoms with Crippen molar-refractivity contribution in [2.45, 2.75) is 12.7 Å². The maximum absolute atomic E-state index is 10.2. The van der Waals surface area contributed by atoms with E-state index in [9.17, 15) is 5.11 Å². The Morgan fingerprint density at radius 1 is 1.00 bits per heavy atom. The number of rotatable bonds is 4. The quantitative estimate of drug-likeness (QED) is 0.871. The Balaban J connectivity index is 2.25. The molecule has 2 heteroatoms. The second-order valence-electron chi connectivity index (χ2n) is 3.99. The normalized spacial score (nSPS) is 12.4. The summed E-state index contributed by atoms with van der Waals surface area (Å²) in [4.78, 5) is 0. The van der Waals surface area contributed by atoms with Crippen molar-refractivity contribution in [2.24, 2.45) is 0 Å². The van der Waals surface area contributed by atoms with Crippen LogP contribution in [0.25, 0.3) is 0 Å². The standard InChI is InChI=1S/C15H16O2/c1-17-11-12-6-5-9-14(10-12)15(16)13-7-3-2-4-8-13/h2-10,15-16H,11H2,1H3. The van der Waals surface area contributed by atoms with Gasteiger partial charge in [-0.05, 0) is 16.7 Å². The Morgan fingerprint density at radius 3 is 2.41 bits per heavy atom. The number of ether oxygens (including phenoxy) is 1. The lowest BCUT2D eigenvalue weighted by Gasteiger charge is -2.12. The lowest BCUT2D eigenvalue weighted by Crippen LogP contribution is -2.00. The molecule has 0 aliphatic rings. The monoisotopic (exact) mass is 228 g/mol. The Hall–Kier alpha value is -1.64. The Labute approximate surface area is 101 Å². The van der Waals surface area contributed by atoms with E-state index in [4.69, 9.17) is 4.74 Å². The lowest BCUT2D eigenvalue weighted by atomic mass is 10.00. The Morgan fingerprint density at radius 2 is 1.71 bits per heavy atom. The third-order valence-corrected chi connectivity index (χ3v) is 2.69. The number of methoxy groups -OCH3 is 1.